The normalized spacial score (nSPS) is 18.0. The fraction of sp³-hybridized carbons (Fsp3) is 0.294. The molecule has 1 N–H and O–H groups in total. The zero-order valence-corrected chi connectivity index (χ0v) is 18.7. The number of hydrogen-bond donors (Lipinski definition) is 1. The number of aromatic nitrogens is 1. The van der Waals surface area contributed by atoms with Crippen LogP contribution in [0.15, 0.2) is 39.4 Å². The van der Waals surface area contributed by atoms with Gasteiger partial charge >= 0.3 is 0 Å². The molecule has 0 spiro atoms. The first-order valence-corrected chi connectivity index (χ1v) is 13.1. The van der Waals surface area contributed by atoms with Gasteiger partial charge in [-0.25, -0.2) is 13.4 Å². The van der Waals surface area contributed by atoms with E-state index in [1.54, 1.807) is 17.8 Å². The van der Waals surface area contributed by atoms with E-state index < -0.39 is 16.1 Å². The van der Waals surface area contributed by atoms with Crippen LogP contribution in [-0.4, -0.2) is 42.5 Å². The Bertz CT molecular complexity index is 1140. The third kappa shape index (κ3) is 3.81. The number of amides is 1. The highest BCUT2D eigenvalue weighted by atomic mass is 35.5. The maximum atomic E-state index is 12.9. The fourth-order valence-electron chi connectivity index (χ4n) is 3.12. The molecule has 2 aromatic heterocycles. The summed E-state index contributed by atoms with van der Waals surface area (Å²) in [4.78, 5) is 18.4. The van der Waals surface area contributed by atoms with Gasteiger partial charge in [0.1, 0.15) is 10.3 Å². The average Bonchev–Trinajstić information content (AvgIpc) is 3.39. The number of anilines is 1. The van der Waals surface area contributed by atoms with Crippen molar-refractivity contribution >= 4 is 77.3 Å². The number of carbonyl (C=O) groups excluding carboxylic acids is 1. The highest BCUT2D eigenvalue weighted by Crippen LogP contribution is 2.33. The molecule has 1 aliphatic heterocycles. The molecule has 6 nitrogen and oxygen atoms in total. The summed E-state index contributed by atoms with van der Waals surface area (Å²) in [7, 11) is -3.75. The van der Waals surface area contributed by atoms with Crippen LogP contribution in [0.25, 0.3) is 10.2 Å². The van der Waals surface area contributed by atoms with E-state index in [-0.39, 0.29) is 10.1 Å². The Labute approximate surface area is 180 Å². The van der Waals surface area contributed by atoms with Gasteiger partial charge < -0.3 is 5.32 Å². The summed E-state index contributed by atoms with van der Waals surface area (Å²) in [5.41, 5.74) is 0.808. The molecule has 148 valence electrons. The Kier molecular flexibility index (Phi) is 5.69. The average molecular weight is 474 g/mol. The maximum absolute atomic E-state index is 12.9. The number of thiazole rings is 1. The lowest BCUT2D eigenvalue weighted by Crippen LogP contribution is -2.42. The van der Waals surface area contributed by atoms with Crippen molar-refractivity contribution in [2.75, 3.05) is 18.1 Å². The third-order valence-corrected chi connectivity index (χ3v) is 9.71. The molecule has 28 heavy (non-hydrogen) atoms. The van der Waals surface area contributed by atoms with Crippen molar-refractivity contribution in [3.8, 4) is 0 Å². The minimum absolute atomic E-state index is 0.154. The van der Waals surface area contributed by atoms with Crippen LogP contribution < -0.4 is 5.32 Å². The van der Waals surface area contributed by atoms with Gasteiger partial charge in [0.15, 0.2) is 5.13 Å². The summed E-state index contributed by atoms with van der Waals surface area (Å²) in [6.45, 7) is 0.312. The van der Waals surface area contributed by atoms with Gasteiger partial charge in [-0.1, -0.05) is 22.9 Å². The van der Waals surface area contributed by atoms with Crippen molar-refractivity contribution in [1.29, 1.82) is 0 Å². The van der Waals surface area contributed by atoms with Gasteiger partial charge in [0.2, 0.25) is 5.91 Å². The number of sulfonamides is 1. The summed E-state index contributed by atoms with van der Waals surface area (Å²) >= 11 is 9.91. The molecule has 0 aliphatic carbocycles. The second-order valence-electron chi connectivity index (χ2n) is 6.17. The van der Waals surface area contributed by atoms with E-state index in [2.05, 4.69) is 10.3 Å². The fourth-order valence-corrected chi connectivity index (χ4v) is 7.81. The first-order chi connectivity index (χ1) is 13.4. The largest absolute Gasteiger partial charge is 0.301 e. The third-order valence-electron chi connectivity index (χ3n) is 4.44. The predicted octanol–water partition coefficient (Wildman–Crippen LogP) is 4.52. The summed E-state index contributed by atoms with van der Waals surface area (Å²) in [5, 5.41) is 3.28. The number of halogens is 1. The van der Waals surface area contributed by atoms with Crippen molar-refractivity contribution in [2.24, 2.45) is 0 Å². The van der Waals surface area contributed by atoms with Crippen LogP contribution in [0, 0.1) is 0 Å². The number of benzene rings is 1. The summed E-state index contributed by atoms with van der Waals surface area (Å²) in [6.07, 6.45) is 3.11. The molecule has 1 saturated heterocycles. The van der Waals surface area contributed by atoms with E-state index in [1.807, 2.05) is 24.5 Å². The predicted molar refractivity (Wildman–Crippen MR) is 116 cm³/mol. The second-order valence-corrected chi connectivity index (χ2v) is 11.9. The Morgan fingerprint density at radius 2 is 2.14 bits per heavy atom. The van der Waals surface area contributed by atoms with Crippen LogP contribution in [0.5, 0.6) is 0 Å². The molecule has 0 radical (unpaired) electrons. The van der Waals surface area contributed by atoms with Crippen LogP contribution in [0.2, 0.25) is 4.34 Å². The van der Waals surface area contributed by atoms with Crippen LogP contribution >= 0.6 is 46.0 Å². The number of rotatable bonds is 5. The molecule has 1 atom stereocenters. The van der Waals surface area contributed by atoms with E-state index in [1.165, 1.54) is 21.7 Å². The van der Waals surface area contributed by atoms with Crippen LogP contribution in [0.3, 0.4) is 0 Å². The summed E-state index contributed by atoms with van der Waals surface area (Å²) in [5.74, 6) is -0.354. The number of thioether (sulfide) groups is 1. The molecular formula is C17H16ClN3O3S4. The molecule has 1 fully saturated rings. The molecule has 4 rings (SSSR count). The summed E-state index contributed by atoms with van der Waals surface area (Å²) < 4.78 is 28.6. The lowest BCUT2D eigenvalue weighted by molar-refractivity contribution is -0.119. The minimum atomic E-state index is -3.75. The number of carbonyl (C=O) groups is 1. The molecule has 0 saturated carbocycles. The quantitative estimate of drug-likeness (QED) is 0.551. The molecule has 3 aromatic rings. The van der Waals surface area contributed by atoms with Crippen LogP contribution in [0.4, 0.5) is 5.13 Å². The topological polar surface area (TPSA) is 79.4 Å². The molecular weight excluding hydrogens is 458 g/mol. The van der Waals surface area contributed by atoms with E-state index >= 15 is 0 Å². The molecule has 1 amide bonds. The van der Waals surface area contributed by atoms with Crippen molar-refractivity contribution in [2.45, 2.75) is 28.0 Å². The standard InChI is InChI=1S/C17H16ClN3O3S4/c1-25-10-4-5-11-13(9-10)26-17(19-11)20-16(22)12-3-2-8-21(12)28(23,24)15-7-6-14(18)27-15/h4-7,9,12H,2-3,8H2,1H3,(H,19,20,22). The second kappa shape index (κ2) is 7.92. The summed E-state index contributed by atoms with van der Waals surface area (Å²) in [6, 6.07) is 8.20. The lowest BCUT2D eigenvalue weighted by Gasteiger charge is -2.22. The van der Waals surface area contributed by atoms with Crippen LogP contribution in [0.1, 0.15) is 12.8 Å². The van der Waals surface area contributed by atoms with E-state index in [0.29, 0.717) is 28.9 Å². The number of thiophene rings is 1. The first-order valence-electron chi connectivity index (χ1n) is 8.41. The highest BCUT2D eigenvalue weighted by molar-refractivity contribution is 7.98. The van der Waals surface area contributed by atoms with E-state index in [9.17, 15) is 13.2 Å². The SMILES string of the molecule is CSc1ccc2nc(NC(=O)C3CCCN3S(=O)(=O)c3ccc(Cl)s3)sc2c1. The molecule has 1 aliphatic rings. The zero-order chi connectivity index (χ0) is 19.9. The van der Waals surface area contributed by atoms with E-state index in [0.717, 1.165) is 26.4 Å². The molecule has 0 bridgehead atoms. The van der Waals surface area contributed by atoms with Gasteiger partial charge in [0, 0.05) is 11.4 Å². The van der Waals surface area contributed by atoms with Gasteiger partial charge in [-0.05, 0) is 49.4 Å². The van der Waals surface area contributed by atoms with E-state index in [4.69, 9.17) is 11.6 Å². The Morgan fingerprint density at radius 1 is 1.32 bits per heavy atom. The number of nitrogens with one attached hydrogen (secondary N) is 1. The van der Waals surface area contributed by atoms with Crippen molar-refractivity contribution in [3.63, 3.8) is 0 Å². The number of fused-ring (bicyclic) bond motifs is 1. The van der Waals surface area contributed by atoms with Gasteiger partial charge in [-0.3, -0.25) is 4.79 Å². The molecule has 1 unspecified atom stereocenters. The van der Waals surface area contributed by atoms with Crippen molar-refractivity contribution in [1.82, 2.24) is 9.29 Å². The van der Waals surface area contributed by atoms with Gasteiger partial charge in [0.05, 0.1) is 14.6 Å². The van der Waals surface area contributed by atoms with Crippen LogP contribution in [-0.2, 0) is 14.8 Å². The lowest BCUT2D eigenvalue weighted by atomic mass is 10.2. The van der Waals surface area contributed by atoms with Crippen molar-refractivity contribution < 1.29 is 13.2 Å². The van der Waals surface area contributed by atoms with Crippen molar-refractivity contribution in [3.05, 3.63) is 34.7 Å². The monoisotopic (exact) mass is 473 g/mol. The highest BCUT2D eigenvalue weighted by Gasteiger charge is 2.40. The zero-order valence-electron chi connectivity index (χ0n) is 14.7. The van der Waals surface area contributed by atoms with Gasteiger partial charge in [-0.15, -0.1) is 23.1 Å². The maximum Gasteiger partial charge on any atom is 0.253 e. The number of hydrogen-bond acceptors (Lipinski definition) is 7. The van der Waals surface area contributed by atoms with Gasteiger partial charge in [0.25, 0.3) is 10.0 Å². The minimum Gasteiger partial charge on any atom is -0.301 e. The molecule has 11 heteroatoms. The molecule has 1 aromatic carbocycles. The number of nitrogens with zero attached hydrogens (tertiary/aromatic N) is 2. The first kappa shape index (κ1) is 20.1. The molecule has 3 heterocycles. The van der Waals surface area contributed by atoms with Gasteiger partial charge in [-0.2, -0.15) is 4.31 Å². The Morgan fingerprint density at radius 3 is 2.86 bits per heavy atom. The smallest absolute Gasteiger partial charge is 0.253 e. The Balaban J connectivity index is 1.55. The Hall–Kier alpha value is -1.17.